The number of nitrogens with one attached hydrogen (secondary N) is 1. The molecule has 2 atom stereocenters. The molecule has 1 amide bonds. The highest BCUT2D eigenvalue weighted by molar-refractivity contribution is 5.83. The summed E-state index contributed by atoms with van der Waals surface area (Å²) in [5.41, 5.74) is 0. The fourth-order valence-electron chi connectivity index (χ4n) is 0.998. The number of carbonyl (C=O) groups is 1. The molecule has 1 fully saturated rings. The molecule has 3 heteroatoms. The van der Waals surface area contributed by atoms with E-state index in [4.69, 9.17) is 0 Å². The molecule has 0 radical (unpaired) electrons. The summed E-state index contributed by atoms with van der Waals surface area (Å²) in [5, 5.41) is 2.46. The summed E-state index contributed by atoms with van der Waals surface area (Å²) in [5.74, 6) is -0.528. The lowest BCUT2D eigenvalue weighted by Crippen LogP contribution is -2.20. The molecule has 1 aliphatic rings. The van der Waals surface area contributed by atoms with E-state index in [1.165, 1.54) is 0 Å². The van der Waals surface area contributed by atoms with Crippen molar-refractivity contribution in [1.82, 2.24) is 5.32 Å². The second-order valence-electron chi connectivity index (χ2n) is 2.32. The van der Waals surface area contributed by atoms with Gasteiger partial charge in [0.2, 0.25) is 0 Å². The fourth-order valence-corrected chi connectivity index (χ4v) is 0.998. The molecule has 0 aromatic heterocycles. The third-order valence-electron chi connectivity index (χ3n) is 1.73. The lowest BCUT2D eigenvalue weighted by atomic mass is 10.1. The van der Waals surface area contributed by atoms with E-state index >= 15 is 0 Å². The molecule has 9 heavy (non-hydrogen) atoms. The van der Waals surface area contributed by atoms with Crippen molar-refractivity contribution in [2.24, 2.45) is 5.92 Å². The van der Waals surface area contributed by atoms with E-state index in [1.54, 1.807) is 0 Å². The van der Waals surface area contributed by atoms with Crippen LogP contribution in [-0.4, -0.2) is 18.6 Å². The summed E-state index contributed by atoms with van der Waals surface area (Å²) >= 11 is 0. The Morgan fingerprint density at radius 2 is 2.56 bits per heavy atom. The summed E-state index contributed by atoms with van der Waals surface area (Å²) in [6, 6.07) is 0. The molecular formula is C6H10FNO. The summed E-state index contributed by atoms with van der Waals surface area (Å²) in [4.78, 5) is 10.5. The molecule has 0 aliphatic carbocycles. The van der Waals surface area contributed by atoms with Crippen molar-refractivity contribution in [3.8, 4) is 0 Å². The van der Waals surface area contributed by atoms with Crippen LogP contribution in [-0.2, 0) is 4.79 Å². The Hall–Kier alpha value is -0.600. The standard InChI is InChI=1S/C6H10FNO/c1-2-4-3-8-6(9)5(4)7/h4-5H,2-3H2,1H3,(H,8,9)/t4-,5-/m1/s1. The summed E-state index contributed by atoms with van der Waals surface area (Å²) in [6.45, 7) is 2.40. The number of halogens is 1. The largest absolute Gasteiger partial charge is 0.353 e. The Balaban J connectivity index is 2.51. The predicted octanol–water partition coefficient (Wildman–Crippen LogP) is 0.480. The van der Waals surface area contributed by atoms with Gasteiger partial charge in [-0.05, 0) is 6.42 Å². The first-order valence-electron chi connectivity index (χ1n) is 3.17. The zero-order valence-electron chi connectivity index (χ0n) is 5.36. The van der Waals surface area contributed by atoms with E-state index in [-0.39, 0.29) is 5.92 Å². The maximum atomic E-state index is 12.6. The van der Waals surface area contributed by atoms with Gasteiger partial charge >= 0.3 is 0 Å². The number of rotatable bonds is 1. The summed E-state index contributed by atoms with van der Waals surface area (Å²) in [7, 11) is 0. The lowest BCUT2D eigenvalue weighted by molar-refractivity contribution is -0.123. The van der Waals surface area contributed by atoms with Gasteiger partial charge in [0.1, 0.15) is 0 Å². The van der Waals surface area contributed by atoms with Crippen molar-refractivity contribution in [3.05, 3.63) is 0 Å². The van der Waals surface area contributed by atoms with Gasteiger partial charge in [0, 0.05) is 12.5 Å². The lowest BCUT2D eigenvalue weighted by Gasteiger charge is -2.03. The molecule has 0 bridgehead atoms. The molecule has 0 aromatic rings. The molecule has 1 rings (SSSR count). The van der Waals surface area contributed by atoms with E-state index in [9.17, 15) is 9.18 Å². The van der Waals surface area contributed by atoms with E-state index < -0.39 is 12.1 Å². The molecule has 1 heterocycles. The van der Waals surface area contributed by atoms with Crippen molar-refractivity contribution in [2.45, 2.75) is 19.5 Å². The Morgan fingerprint density at radius 1 is 1.89 bits per heavy atom. The normalized spacial score (nSPS) is 34.7. The molecule has 1 saturated heterocycles. The van der Waals surface area contributed by atoms with Crippen LogP contribution in [0.15, 0.2) is 0 Å². The SMILES string of the molecule is CC[C@@H]1CNC(=O)[C@@H]1F. The molecule has 52 valence electrons. The molecule has 1 aliphatic heterocycles. The van der Waals surface area contributed by atoms with Crippen LogP contribution in [0, 0.1) is 5.92 Å². The average Bonchev–Trinajstić information content (AvgIpc) is 2.15. The topological polar surface area (TPSA) is 29.1 Å². The van der Waals surface area contributed by atoms with Crippen molar-refractivity contribution in [3.63, 3.8) is 0 Å². The Labute approximate surface area is 53.4 Å². The average molecular weight is 131 g/mol. The van der Waals surface area contributed by atoms with Crippen LogP contribution in [0.2, 0.25) is 0 Å². The minimum absolute atomic E-state index is 0.0856. The molecule has 0 spiro atoms. The monoisotopic (exact) mass is 131 g/mol. The maximum Gasteiger partial charge on any atom is 0.254 e. The van der Waals surface area contributed by atoms with Crippen LogP contribution in [0.1, 0.15) is 13.3 Å². The minimum Gasteiger partial charge on any atom is -0.353 e. The summed E-state index contributed by atoms with van der Waals surface area (Å²) < 4.78 is 12.6. The van der Waals surface area contributed by atoms with E-state index in [0.717, 1.165) is 6.42 Å². The number of alkyl halides is 1. The zero-order chi connectivity index (χ0) is 6.85. The van der Waals surface area contributed by atoms with Crippen molar-refractivity contribution < 1.29 is 9.18 Å². The number of amides is 1. The Morgan fingerprint density at radius 3 is 2.78 bits per heavy atom. The van der Waals surface area contributed by atoms with Gasteiger partial charge in [0.15, 0.2) is 6.17 Å². The maximum absolute atomic E-state index is 12.6. The van der Waals surface area contributed by atoms with Crippen LogP contribution >= 0.6 is 0 Å². The van der Waals surface area contributed by atoms with Gasteiger partial charge in [-0.3, -0.25) is 4.79 Å². The first kappa shape index (κ1) is 6.52. The van der Waals surface area contributed by atoms with E-state index in [1.807, 2.05) is 6.92 Å². The summed E-state index contributed by atoms with van der Waals surface area (Å²) in [6.07, 6.45) is -0.519. The van der Waals surface area contributed by atoms with Crippen LogP contribution in [0.3, 0.4) is 0 Å². The van der Waals surface area contributed by atoms with Crippen molar-refractivity contribution in [1.29, 1.82) is 0 Å². The van der Waals surface area contributed by atoms with Gasteiger partial charge in [0.05, 0.1) is 0 Å². The molecule has 0 unspecified atom stereocenters. The Kier molecular flexibility index (Phi) is 1.69. The zero-order valence-corrected chi connectivity index (χ0v) is 5.36. The fraction of sp³-hybridized carbons (Fsp3) is 0.833. The third kappa shape index (κ3) is 1.04. The van der Waals surface area contributed by atoms with Gasteiger partial charge < -0.3 is 5.32 Å². The van der Waals surface area contributed by atoms with Gasteiger partial charge in [-0.1, -0.05) is 6.92 Å². The predicted molar refractivity (Wildman–Crippen MR) is 31.7 cm³/mol. The highest BCUT2D eigenvalue weighted by Gasteiger charge is 2.32. The molecule has 2 nitrogen and oxygen atoms in total. The van der Waals surface area contributed by atoms with Gasteiger partial charge in [-0.2, -0.15) is 0 Å². The van der Waals surface area contributed by atoms with Crippen LogP contribution < -0.4 is 5.32 Å². The number of hydrogen-bond acceptors (Lipinski definition) is 1. The molecule has 0 saturated carbocycles. The van der Waals surface area contributed by atoms with Crippen molar-refractivity contribution >= 4 is 5.91 Å². The molecule has 1 N–H and O–H groups in total. The van der Waals surface area contributed by atoms with Crippen LogP contribution in [0.5, 0.6) is 0 Å². The van der Waals surface area contributed by atoms with Gasteiger partial charge in [0.25, 0.3) is 5.91 Å². The second kappa shape index (κ2) is 2.33. The first-order chi connectivity index (χ1) is 4.25. The van der Waals surface area contributed by atoms with Gasteiger partial charge in [-0.15, -0.1) is 0 Å². The molecular weight excluding hydrogens is 121 g/mol. The van der Waals surface area contributed by atoms with Crippen LogP contribution in [0.25, 0.3) is 0 Å². The molecule has 0 aromatic carbocycles. The van der Waals surface area contributed by atoms with E-state index in [2.05, 4.69) is 5.32 Å². The van der Waals surface area contributed by atoms with Crippen LogP contribution in [0.4, 0.5) is 4.39 Å². The quantitative estimate of drug-likeness (QED) is 0.551. The minimum atomic E-state index is -1.25. The smallest absolute Gasteiger partial charge is 0.254 e. The first-order valence-corrected chi connectivity index (χ1v) is 3.17. The Bertz CT molecular complexity index is 126. The van der Waals surface area contributed by atoms with Gasteiger partial charge in [-0.25, -0.2) is 4.39 Å². The number of hydrogen-bond donors (Lipinski definition) is 1. The third-order valence-corrected chi connectivity index (χ3v) is 1.73. The van der Waals surface area contributed by atoms with E-state index in [0.29, 0.717) is 6.54 Å². The van der Waals surface area contributed by atoms with Crippen molar-refractivity contribution in [2.75, 3.05) is 6.54 Å². The number of carbonyl (C=O) groups excluding carboxylic acids is 1. The highest BCUT2D eigenvalue weighted by atomic mass is 19.1. The highest BCUT2D eigenvalue weighted by Crippen LogP contribution is 2.16. The second-order valence-corrected chi connectivity index (χ2v) is 2.32.